The first-order valence-electron chi connectivity index (χ1n) is 40.4. The van der Waals surface area contributed by atoms with E-state index in [1.54, 1.807) is 89.3 Å². The third-order valence-corrected chi connectivity index (χ3v) is 22.4. The number of H-pyrrole nitrogens is 1. The largest absolute Gasteiger partial charge is 0.496 e. The van der Waals surface area contributed by atoms with E-state index >= 15 is 0 Å². The van der Waals surface area contributed by atoms with Gasteiger partial charge < -0.3 is 80.9 Å². The minimum atomic E-state index is -0.554. The van der Waals surface area contributed by atoms with Crippen molar-refractivity contribution < 1.29 is 52.7 Å². The van der Waals surface area contributed by atoms with Crippen LogP contribution < -0.4 is 28.4 Å². The minimum absolute atomic E-state index is 0.370. The fourth-order valence-corrected chi connectivity index (χ4v) is 16.2. The molecule has 0 radical (unpaired) electrons. The second-order valence-electron chi connectivity index (χ2n) is 29.9. The molecule has 2 N–H and O–H groups in total. The smallest absolute Gasteiger partial charge is 0.294 e. The molecule has 0 aliphatic carbocycles. The summed E-state index contributed by atoms with van der Waals surface area (Å²) in [7, 11) is 24.4. The highest BCUT2D eigenvalue weighted by atomic mass is 79.9. The van der Waals surface area contributed by atoms with E-state index in [4.69, 9.17) is 28.4 Å². The van der Waals surface area contributed by atoms with Crippen molar-refractivity contribution >= 4 is 137 Å². The van der Waals surface area contributed by atoms with Crippen LogP contribution in [0.5, 0.6) is 34.5 Å². The van der Waals surface area contributed by atoms with Gasteiger partial charge in [0.15, 0.2) is 0 Å². The van der Waals surface area contributed by atoms with E-state index in [0.29, 0.717) is 53.0 Å². The predicted octanol–water partition coefficient (Wildman–Crippen LogP) is 21.1. The number of ketones is 2. The Morgan fingerprint density at radius 2 is 0.754 bits per heavy atom. The number of aromatic amines is 1. The Kier molecular flexibility index (Phi) is 32.7. The van der Waals surface area contributed by atoms with Gasteiger partial charge in [0.05, 0.1) is 104 Å². The van der Waals surface area contributed by atoms with Crippen molar-refractivity contribution in [1.82, 2.24) is 47.4 Å². The number of nitrogens with one attached hydrogen (secondary N) is 1. The van der Waals surface area contributed by atoms with Crippen molar-refractivity contribution in [3.8, 4) is 67.9 Å². The number of aliphatic hydroxyl groups is 1. The molecule has 122 heavy (non-hydrogen) atoms. The van der Waals surface area contributed by atoms with E-state index in [1.165, 1.54) is 42.9 Å². The van der Waals surface area contributed by atoms with Crippen LogP contribution in [0.25, 0.3) is 98.8 Å². The number of Topliss-reactive ketones (excluding diaryl/α,β-unsaturated/α-hetero) is 2. The second kappa shape index (κ2) is 42.9. The number of likely N-dealkylation sites (N-methyl/N-ethyl adjacent to an activating group) is 4. The molecule has 0 saturated carbocycles. The fourth-order valence-electron chi connectivity index (χ4n) is 14.9. The van der Waals surface area contributed by atoms with Gasteiger partial charge >= 0.3 is 0 Å². The number of aliphatic hydroxyl groups excluding tert-OH is 1. The maximum absolute atomic E-state index is 12.7. The topological polar surface area (TPSA) is 197 Å². The molecule has 9 aromatic carbocycles. The first-order valence-corrected chi connectivity index (χ1v) is 42.8. The molecule has 6 heterocycles. The van der Waals surface area contributed by atoms with Crippen molar-refractivity contribution in [3.63, 3.8) is 0 Å². The molecule has 1 atom stereocenters. The molecular formula is C98H111Br3N10O11. The van der Waals surface area contributed by atoms with Crippen LogP contribution in [0, 0.1) is 0 Å². The average molecular weight is 1840 g/mol. The van der Waals surface area contributed by atoms with Gasteiger partial charge in [-0.1, -0.05) is 139 Å². The SMILES string of the molecule is CCn1cc(C(=O)C(=O)N(C)C)c2c(OC)cc(-c3ccccc3)cc21.CCn1cc(C(=O)C(=O)N(C)C)c2c(OC)cc(Br)cc21.CCn1cc(C(O)CN(C)C)c2c(OC)cc(-c3ccccc3)cc21.CCn1cc(CCN(C)C)c2c(OC)cc(-c3ccccc3)cc21.CCn1ccc2c(OC)cc(Br)cc21.COc1cc(Br)cc2[nH]ccc12. The van der Waals surface area contributed by atoms with E-state index in [1.807, 2.05) is 145 Å². The Hall–Kier alpha value is -11.4. The van der Waals surface area contributed by atoms with E-state index in [9.17, 15) is 24.3 Å². The molecule has 0 aliphatic rings. The molecule has 15 aromatic rings. The van der Waals surface area contributed by atoms with Crippen LogP contribution in [0.15, 0.2) is 227 Å². The number of fused-ring (bicyclic) bond motifs is 6. The highest BCUT2D eigenvalue weighted by Gasteiger charge is 2.29. The Balaban J connectivity index is 0.000000156. The molecule has 0 spiro atoms. The number of rotatable bonds is 24. The molecule has 0 saturated heterocycles. The quantitative estimate of drug-likeness (QED) is 0.0428. The van der Waals surface area contributed by atoms with E-state index in [2.05, 4.69) is 198 Å². The maximum atomic E-state index is 12.7. The maximum Gasteiger partial charge on any atom is 0.294 e. The van der Waals surface area contributed by atoms with Crippen molar-refractivity contribution in [3.05, 3.63) is 249 Å². The summed E-state index contributed by atoms with van der Waals surface area (Å²) in [6.45, 7) is 16.2. The summed E-state index contributed by atoms with van der Waals surface area (Å²) in [4.78, 5) is 59.2. The second-order valence-corrected chi connectivity index (χ2v) is 32.6. The molecule has 1 unspecified atom stereocenters. The number of carbonyl (C=O) groups is 4. The molecule has 0 fully saturated rings. The zero-order valence-corrected chi connectivity index (χ0v) is 77.9. The van der Waals surface area contributed by atoms with E-state index in [-0.39, 0.29) is 0 Å². The van der Waals surface area contributed by atoms with Gasteiger partial charge in [-0.3, -0.25) is 19.2 Å². The summed E-state index contributed by atoms with van der Waals surface area (Å²) < 4.78 is 46.5. The number of benzene rings is 9. The van der Waals surface area contributed by atoms with Crippen molar-refractivity contribution in [2.75, 3.05) is 112 Å². The van der Waals surface area contributed by atoms with Gasteiger partial charge in [0.2, 0.25) is 0 Å². The van der Waals surface area contributed by atoms with Crippen LogP contribution >= 0.6 is 47.8 Å². The summed E-state index contributed by atoms with van der Waals surface area (Å²) in [5, 5.41) is 16.6. The number of halogens is 3. The van der Waals surface area contributed by atoms with Gasteiger partial charge in [0.25, 0.3) is 23.4 Å². The molecule has 2 amide bonds. The van der Waals surface area contributed by atoms with Gasteiger partial charge in [-0.2, -0.15) is 0 Å². The molecule has 0 aliphatic heterocycles. The summed E-state index contributed by atoms with van der Waals surface area (Å²) in [6.07, 6.45) is 12.2. The molecule has 0 bridgehead atoms. The molecule has 6 aromatic heterocycles. The van der Waals surface area contributed by atoms with Crippen LogP contribution in [0.2, 0.25) is 0 Å². The lowest BCUT2D eigenvalue weighted by molar-refractivity contribution is -0.124. The molecule has 15 rings (SSSR count). The van der Waals surface area contributed by atoms with E-state index in [0.717, 1.165) is 135 Å². The lowest BCUT2D eigenvalue weighted by atomic mass is 10.0. The number of carbonyl (C=O) groups excluding carboxylic acids is 4. The van der Waals surface area contributed by atoms with Gasteiger partial charge in [0, 0.05) is 152 Å². The van der Waals surface area contributed by atoms with Crippen LogP contribution in [0.4, 0.5) is 0 Å². The number of aryl methyl sites for hydroxylation is 5. The zero-order valence-electron chi connectivity index (χ0n) is 73.1. The molecule has 640 valence electrons. The van der Waals surface area contributed by atoms with Gasteiger partial charge in [-0.15, -0.1) is 0 Å². The van der Waals surface area contributed by atoms with Gasteiger partial charge in [-0.05, 0) is 193 Å². The fraction of sp³-hybridized carbons (Fsp3) is 0.286. The number of amides is 2. The van der Waals surface area contributed by atoms with Crippen molar-refractivity contribution in [2.24, 2.45) is 0 Å². The highest BCUT2D eigenvalue weighted by Crippen LogP contribution is 2.42. The lowest BCUT2D eigenvalue weighted by Gasteiger charge is -2.16. The standard InChI is InChI=1S/C21H22N2O3.C21H26N2O2.C21H26N2O.C15H17BrN2O3.C11H12BrNO.C9H8BrNO/c1-5-23-13-16(20(24)21(25)22(2)3)19-17(23)11-15(12-18(19)26-4)14-9-7-6-8-10-14;1-5-23-13-17(19(24)14-22(2)3)21-18(23)11-16(12-20(21)25-4)15-9-7-6-8-10-15;1-5-23-15-17(11-12-22(2)3)21-19(23)13-18(14-20(21)24-4)16-9-7-6-8-10-16;1-5-18-8-10(14(19)15(20)17(2)3)13-11(18)6-9(16)7-12(13)21-4;1-3-13-5-4-9-10(13)6-8(12)7-11(9)14-2;1-12-9-5-6(10)4-8-7(9)2-3-11-8/h6-13H,5H2,1-4H3;6-13,19,24H,5,14H2,1-4H3;6-10,13-15H,5,11-12H2,1-4H3;6-8H,5H2,1-4H3;4-7H,3H2,1-2H3;2-5,11H,1H3. The minimum Gasteiger partial charge on any atom is -0.496 e. The lowest BCUT2D eigenvalue weighted by Crippen LogP contribution is -2.29. The normalized spacial score (nSPS) is 11.3. The number of nitrogens with zero attached hydrogens (tertiary/aromatic N) is 9. The first-order chi connectivity index (χ1) is 58.6. The van der Waals surface area contributed by atoms with Gasteiger partial charge in [0.1, 0.15) is 34.5 Å². The Labute approximate surface area is 740 Å². The number of hydrogen-bond acceptors (Lipinski definition) is 13. The van der Waals surface area contributed by atoms with Crippen LogP contribution in [-0.4, -0.2) is 188 Å². The van der Waals surface area contributed by atoms with Crippen molar-refractivity contribution in [1.29, 1.82) is 0 Å². The Bertz CT molecular complexity index is 6120. The monoisotopic (exact) mass is 1840 g/mol. The third-order valence-electron chi connectivity index (χ3n) is 21.0. The molecule has 21 nitrogen and oxygen atoms in total. The highest BCUT2D eigenvalue weighted by molar-refractivity contribution is 9.11. The zero-order chi connectivity index (χ0) is 88.3. The number of methoxy groups -OCH3 is 6. The van der Waals surface area contributed by atoms with Gasteiger partial charge in [-0.25, -0.2) is 0 Å². The number of ether oxygens (including phenoxy) is 6. The van der Waals surface area contributed by atoms with Crippen LogP contribution in [0.1, 0.15) is 72.6 Å². The molecular weight excluding hydrogens is 1730 g/mol. The van der Waals surface area contributed by atoms with Crippen LogP contribution in [0.3, 0.4) is 0 Å². The van der Waals surface area contributed by atoms with Crippen molar-refractivity contribution in [2.45, 2.75) is 79.9 Å². The average Bonchev–Trinajstić information content (AvgIpc) is 1.62. The first kappa shape index (κ1) is 92.9. The third kappa shape index (κ3) is 21.4. The summed E-state index contributed by atoms with van der Waals surface area (Å²) >= 11 is 10.3. The van der Waals surface area contributed by atoms with Crippen LogP contribution in [-0.2, 0) is 48.7 Å². The number of aromatic nitrogens is 6. The predicted molar refractivity (Wildman–Crippen MR) is 507 cm³/mol. The Morgan fingerprint density at radius 3 is 1.18 bits per heavy atom. The Morgan fingerprint density at radius 1 is 0.385 bits per heavy atom. The summed E-state index contributed by atoms with van der Waals surface area (Å²) in [6, 6.07) is 59.3. The molecule has 24 heteroatoms. The van der Waals surface area contributed by atoms with E-state index < -0.39 is 29.5 Å². The summed E-state index contributed by atoms with van der Waals surface area (Å²) in [5.41, 5.74) is 16.1. The number of hydrogen-bond donors (Lipinski definition) is 2. The summed E-state index contributed by atoms with van der Waals surface area (Å²) in [5.74, 6) is 2.58.